The summed E-state index contributed by atoms with van der Waals surface area (Å²) >= 11 is 0. The predicted molar refractivity (Wildman–Crippen MR) is 96.1 cm³/mol. The SMILES string of the molecule is Cc1ccccc1C1=C/C(=N\NC(=N)N)c2c(C)ccnc21.Cl. The average Bonchev–Trinajstić information content (AvgIpc) is 2.86. The fourth-order valence-electron chi connectivity index (χ4n) is 2.65. The Morgan fingerprint density at radius 1 is 1.17 bits per heavy atom. The number of nitrogens with one attached hydrogen (secondary N) is 2. The maximum Gasteiger partial charge on any atom is 0.206 e. The van der Waals surface area contributed by atoms with Gasteiger partial charge in [-0.3, -0.25) is 10.4 Å². The van der Waals surface area contributed by atoms with Gasteiger partial charge in [-0.15, -0.1) is 12.4 Å². The van der Waals surface area contributed by atoms with E-state index in [0.29, 0.717) is 0 Å². The van der Waals surface area contributed by atoms with Gasteiger partial charge in [0, 0.05) is 17.3 Å². The van der Waals surface area contributed by atoms with Crippen LogP contribution < -0.4 is 11.2 Å². The van der Waals surface area contributed by atoms with Crippen molar-refractivity contribution in [2.75, 3.05) is 0 Å². The second kappa shape index (κ2) is 6.62. The zero-order valence-electron chi connectivity index (χ0n) is 12.9. The van der Waals surface area contributed by atoms with Crippen molar-refractivity contribution in [2.45, 2.75) is 13.8 Å². The number of pyridine rings is 1. The van der Waals surface area contributed by atoms with E-state index in [1.807, 2.05) is 37.4 Å². The number of halogens is 1. The molecular formula is C17H18ClN5. The topological polar surface area (TPSA) is 87.2 Å². The molecule has 3 rings (SSSR count). The second-order valence-corrected chi connectivity index (χ2v) is 5.25. The molecule has 1 heterocycles. The molecule has 1 aromatic carbocycles. The van der Waals surface area contributed by atoms with E-state index in [1.165, 1.54) is 5.56 Å². The Bertz CT molecular complexity index is 823. The largest absolute Gasteiger partial charge is 0.369 e. The molecule has 0 atom stereocenters. The van der Waals surface area contributed by atoms with E-state index in [2.05, 4.69) is 34.6 Å². The summed E-state index contributed by atoms with van der Waals surface area (Å²) in [5.41, 5.74) is 14.9. The van der Waals surface area contributed by atoms with E-state index < -0.39 is 0 Å². The van der Waals surface area contributed by atoms with Crippen LogP contribution in [-0.2, 0) is 0 Å². The minimum absolute atomic E-state index is 0. The molecule has 0 fully saturated rings. The van der Waals surface area contributed by atoms with Crippen LogP contribution in [0.15, 0.2) is 47.7 Å². The molecule has 0 amide bonds. The van der Waals surface area contributed by atoms with Gasteiger partial charge in [-0.1, -0.05) is 24.3 Å². The highest BCUT2D eigenvalue weighted by atomic mass is 35.5. The first kappa shape index (κ1) is 16.7. The summed E-state index contributed by atoms with van der Waals surface area (Å²) in [6.45, 7) is 4.10. The van der Waals surface area contributed by atoms with Crippen molar-refractivity contribution in [3.63, 3.8) is 0 Å². The minimum Gasteiger partial charge on any atom is -0.369 e. The van der Waals surface area contributed by atoms with Gasteiger partial charge >= 0.3 is 0 Å². The molecule has 0 saturated carbocycles. The Kier molecular flexibility index (Phi) is 4.81. The van der Waals surface area contributed by atoms with Gasteiger partial charge in [0.2, 0.25) is 5.96 Å². The molecule has 0 bridgehead atoms. The number of nitrogens with two attached hydrogens (primary N) is 1. The number of hydrogen-bond donors (Lipinski definition) is 3. The number of hydrazone groups is 1. The summed E-state index contributed by atoms with van der Waals surface area (Å²) < 4.78 is 0. The van der Waals surface area contributed by atoms with Gasteiger partial charge in [-0.05, 0) is 42.7 Å². The Balaban J connectivity index is 0.00000192. The highest BCUT2D eigenvalue weighted by molar-refractivity contribution is 6.21. The smallest absolute Gasteiger partial charge is 0.206 e. The van der Waals surface area contributed by atoms with Gasteiger partial charge in [0.15, 0.2) is 0 Å². The Labute approximate surface area is 141 Å². The molecule has 1 aliphatic carbocycles. The van der Waals surface area contributed by atoms with Crippen LogP contribution in [-0.4, -0.2) is 16.7 Å². The molecule has 6 heteroatoms. The van der Waals surface area contributed by atoms with Crippen molar-refractivity contribution in [3.05, 3.63) is 70.6 Å². The molecule has 1 aliphatic rings. The van der Waals surface area contributed by atoms with Crippen molar-refractivity contribution in [1.29, 1.82) is 5.41 Å². The van der Waals surface area contributed by atoms with Gasteiger partial charge in [0.1, 0.15) is 0 Å². The van der Waals surface area contributed by atoms with Crippen LogP contribution in [0.5, 0.6) is 0 Å². The molecule has 1 aromatic heterocycles. The fourth-order valence-corrected chi connectivity index (χ4v) is 2.65. The molecule has 23 heavy (non-hydrogen) atoms. The number of fused-ring (bicyclic) bond motifs is 1. The summed E-state index contributed by atoms with van der Waals surface area (Å²) in [5.74, 6) is -0.187. The summed E-state index contributed by atoms with van der Waals surface area (Å²) in [5, 5.41) is 11.5. The van der Waals surface area contributed by atoms with E-state index in [0.717, 1.165) is 33.7 Å². The van der Waals surface area contributed by atoms with Crippen LogP contribution in [0.25, 0.3) is 5.57 Å². The predicted octanol–water partition coefficient (Wildman–Crippen LogP) is 2.75. The lowest BCUT2D eigenvalue weighted by Crippen LogP contribution is -2.26. The van der Waals surface area contributed by atoms with Crippen LogP contribution in [0.4, 0.5) is 0 Å². The molecule has 0 unspecified atom stereocenters. The maximum atomic E-state index is 7.27. The number of allylic oxidation sites excluding steroid dienone is 1. The molecular weight excluding hydrogens is 310 g/mol. The molecule has 0 saturated heterocycles. The summed E-state index contributed by atoms with van der Waals surface area (Å²) in [4.78, 5) is 4.53. The Morgan fingerprint density at radius 2 is 1.91 bits per heavy atom. The lowest BCUT2D eigenvalue weighted by atomic mass is 9.98. The molecule has 5 nitrogen and oxygen atoms in total. The van der Waals surface area contributed by atoms with E-state index in [1.54, 1.807) is 0 Å². The first-order valence-corrected chi connectivity index (χ1v) is 6.99. The van der Waals surface area contributed by atoms with E-state index >= 15 is 0 Å². The van der Waals surface area contributed by atoms with Crippen molar-refractivity contribution < 1.29 is 0 Å². The van der Waals surface area contributed by atoms with E-state index in [-0.39, 0.29) is 18.4 Å². The van der Waals surface area contributed by atoms with Crippen LogP contribution in [0.2, 0.25) is 0 Å². The molecule has 118 valence electrons. The highest BCUT2D eigenvalue weighted by Crippen LogP contribution is 2.34. The first-order chi connectivity index (χ1) is 10.6. The number of aryl methyl sites for hydroxylation is 2. The number of nitrogens with zero attached hydrogens (tertiary/aromatic N) is 2. The standard InChI is InChI=1S/C17H17N5.ClH/c1-10-5-3-4-6-12(10)13-9-14(21-22-17(18)19)15-11(2)7-8-20-16(13)15;/h3-9H,1-2H3,(H4,18,19,22);1H/b21-14+;. The monoisotopic (exact) mass is 327 g/mol. The van der Waals surface area contributed by atoms with Gasteiger partial charge in [0.25, 0.3) is 0 Å². The van der Waals surface area contributed by atoms with Gasteiger partial charge in [-0.25, -0.2) is 5.43 Å². The maximum absolute atomic E-state index is 7.27. The Hall–Kier alpha value is -2.66. The summed E-state index contributed by atoms with van der Waals surface area (Å²) in [6, 6.07) is 10.1. The molecule has 0 spiro atoms. The van der Waals surface area contributed by atoms with Crippen LogP contribution >= 0.6 is 12.4 Å². The first-order valence-electron chi connectivity index (χ1n) is 6.99. The number of guanidine groups is 1. The van der Waals surface area contributed by atoms with Gasteiger partial charge in [-0.2, -0.15) is 5.10 Å². The van der Waals surface area contributed by atoms with E-state index in [9.17, 15) is 0 Å². The molecule has 4 N–H and O–H groups in total. The molecule has 0 aliphatic heterocycles. The quantitative estimate of drug-likeness (QED) is 0.450. The summed E-state index contributed by atoms with van der Waals surface area (Å²) in [7, 11) is 0. The number of rotatable bonds is 2. The van der Waals surface area contributed by atoms with E-state index in [4.69, 9.17) is 11.1 Å². The van der Waals surface area contributed by atoms with Gasteiger partial charge < -0.3 is 5.73 Å². The number of aromatic nitrogens is 1. The highest BCUT2D eigenvalue weighted by Gasteiger charge is 2.24. The zero-order valence-corrected chi connectivity index (χ0v) is 13.7. The van der Waals surface area contributed by atoms with Crippen molar-refractivity contribution >= 4 is 29.7 Å². The fraction of sp³-hybridized carbons (Fsp3) is 0.118. The average molecular weight is 328 g/mol. The molecule has 2 aromatic rings. The van der Waals surface area contributed by atoms with Crippen LogP contribution in [0.1, 0.15) is 27.9 Å². The molecule has 0 radical (unpaired) electrons. The summed E-state index contributed by atoms with van der Waals surface area (Å²) in [6.07, 6.45) is 3.80. The lowest BCUT2D eigenvalue weighted by molar-refractivity contribution is 0.995. The third kappa shape index (κ3) is 3.10. The van der Waals surface area contributed by atoms with Crippen molar-refractivity contribution in [1.82, 2.24) is 10.4 Å². The second-order valence-electron chi connectivity index (χ2n) is 5.25. The number of hydrogen-bond acceptors (Lipinski definition) is 3. The van der Waals surface area contributed by atoms with Crippen LogP contribution in [0, 0.1) is 19.3 Å². The zero-order chi connectivity index (χ0) is 15.7. The minimum atomic E-state index is -0.187. The van der Waals surface area contributed by atoms with Gasteiger partial charge in [0.05, 0.1) is 11.4 Å². The number of benzene rings is 1. The lowest BCUT2D eigenvalue weighted by Gasteiger charge is -2.09. The van der Waals surface area contributed by atoms with Crippen LogP contribution in [0.3, 0.4) is 0 Å². The van der Waals surface area contributed by atoms with Crippen molar-refractivity contribution in [2.24, 2.45) is 10.8 Å². The Morgan fingerprint density at radius 3 is 2.61 bits per heavy atom. The third-order valence-electron chi connectivity index (χ3n) is 3.68. The normalized spacial score (nSPS) is 14.0. The van der Waals surface area contributed by atoms with Crippen molar-refractivity contribution in [3.8, 4) is 0 Å². The third-order valence-corrected chi connectivity index (χ3v) is 3.68.